The lowest BCUT2D eigenvalue weighted by atomic mass is 10.4. The fourth-order valence-electron chi connectivity index (χ4n) is 0.831. The zero-order valence-electron chi connectivity index (χ0n) is 6.13. The lowest BCUT2D eigenvalue weighted by molar-refractivity contribution is -0.0703. The maximum absolute atomic E-state index is 5.17. The second-order valence-electron chi connectivity index (χ2n) is 2.01. The number of hydrogen-bond donors (Lipinski definition) is 1. The normalized spacial score (nSPS) is 20.1. The molecule has 1 fully saturated rings. The Morgan fingerprint density at radius 1 is 1.50 bits per heavy atom. The van der Waals surface area contributed by atoms with Crippen LogP contribution in [0.5, 0.6) is 0 Å². The Morgan fingerprint density at radius 3 is 2.80 bits per heavy atom. The molecule has 0 saturated carbocycles. The summed E-state index contributed by atoms with van der Waals surface area (Å²) in [6, 6.07) is 0. The maximum atomic E-state index is 5.17. The molecule has 60 valence electrons. The van der Waals surface area contributed by atoms with Gasteiger partial charge in [-0.25, -0.2) is 5.48 Å². The molecule has 0 radical (unpaired) electrons. The molecular formula is C6H13NO3. The van der Waals surface area contributed by atoms with E-state index in [-0.39, 0.29) is 6.29 Å². The van der Waals surface area contributed by atoms with Crippen LogP contribution in [0.25, 0.3) is 0 Å². The summed E-state index contributed by atoms with van der Waals surface area (Å²) in [6.45, 7) is 2.05. The van der Waals surface area contributed by atoms with Crippen LogP contribution in [0.2, 0.25) is 0 Å². The first-order valence-electron chi connectivity index (χ1n) is 3.45. The van der Waals surface area contributed by atoms with Crippen LogP contribution in [0.15, 0.2) is 0 Å². The molecule has 0 aromatic rings. The zero-order chi connectivity index (χ0) is 7.23. The van der Waals surface area contributed by atoms with Crippen molar-refractivity contribution in [3.05, 3.63) is 0 Å². The SMILES string of the molecule is CNOCCC1OCCO1. The van der Waals surface area contributed by atoms with E-state index >= 15 is 0 Å². The summed E-state index contributed by atoms with van der Waals surface area (Å²) in [5.41, 5.74) is 2.58. The third-order valence-electron chi connectivity index (χ3n) is 1.29. The number of nitrogens with one attached hydrogen (secondary N) is 1. The molecule has 0 amide bonds. The van der Waals surface area contributed by atoms with Gasteiger partial charge in [0.15, 0.2) is 6.29 Å². The van der Waals surface area contributed by atoms with E-state index in [9.17, 15) is 0 Å². The van der Waals surface area contributed by atoms with Gasteiger partial charge >= 0.3 is 0 Å². The van der Waals surface area contributed by atoms with Crippen LogP contribution in [0, 0.1) is 0 Å². The molecule has 1 aliphatic rings. The van der Waals surface area contributed by atoms with Crippen molar-refractivity contribution in [1.29, 1.82) is 0 Å². The van der Waals surface area contributed by atoms with Gasteiger partial charge in [-0.3, -0.25) is 0 Å². The van der Waals surface area contributed by atoms with Crippen LogP contribution in [-0.4, -0.2) is 33.2 Å². The van der Waals surface area contributed by atoms with Gasteiger partial charge in [-0.15, -0.1) is 0 Å². The first-order chi connectivity index (χ1) is 4.93. The molecule has 10 heavy (non-hydrogen) atoms. The quantitative estimate of drug-likeness (QED) is 0.445. The van der Waals surface area contributed by atoms with Crippen molar-refractivity contribution in [2.24, 2.45) is 0 Å². The number of hydrogen-bond acceptors (Lipinski definition) is 4. The molecule has 0 aliphatic carbocycles. The van der Waals surface area contributed by atoms with Crippen molar-refractivity contribution in [1.82, 2.24) is 5.48 Å². The zero-order valence-corrected chi connectivity index (χ0v) is 6.13. The lowest BCUT2D eigenvalue weighted by Gasteiger charge is -2.07. The Morgan fingerprint density at radius 2 is 2.20 bits per heavy atom. The van der Waals surface area contributed by atoms with E-state index in [1.807, 2.05) is 0 Å². The van der Waals surface area contributed by atoms with E-state index in [1.54, 1.807) is 7.05 Å². The van der Waals surface area contributed by atoms with E-state index in [2.05, 4.69) is 5.48 Å². The molecule has 0 unspecified atom stereocenters. The second kappa shape index (κ2) is 4.62. The minimum Gasteiger partial charge on any atom is -0.350 e. The van der Waals surface area contributed by atoms with Crippen LogP contribution in [0.4, 0.5) is 0 Å². The Balaban J connectivity index is 1.91. The molecule has 1 aliphatic heterocycles. The summed E-state index contributed by atoms with van der Waals surface area (Å²) in [5.74, 6) is 0. The molecule has 1 N–H and O–H groups in total. The third-order valence-corrected chi connectivity index (χ3v) is 1.29. The molecule has 0 spiro atoms. The Labute approximate surface area is 60.4 Å². The standard InChI is InChI=1S/C6H13NO3/c1-7-10-3-2-6-8-4-5-9-6/h6-7H,2-5H2,1H3. The van der Waals surface area contributed by atoms with Gasteiger partial charge in [0.25, 0.3) is 0 Å². The highest BCUT2D eigenvalue weighted by Crippen LogP contribution is 2.06. The van der Waals surface area contributed by atoms with Gasteiger partial charge in [0.1, 0.15) is 0 Å². The first kappa shape index (κ1) is 7.94. The molecule has 0 aromatic heterocycles. The monoisotopic (exact) mass is 147 g/mol. The van der Waals surface area contributed by atoms with Crippen LogP contribution < -0.4 is 5.48 Å². The van der Waals surface area contributed by atoms with Gasteiger partial charge in [-0.05, 0) is 0 Å². The predicted molar refractivity (Wildman–Crippen MR) is 35.3 cm³/mol. The summed E-state index contributed by atoms with van der Waals surface area (Å²) < 4.78 is 10.3. The number of ether oxygens (including phenoxy) is 2. The van der Waals surface area contributed by atoms with Gasteiger partial charge < -0.3 is 14.3 Å². The topological polar surface area (TPSA) is 39.7 Å². The average Bonchev–Trinajstić information content (AvgIpc) is 2.41. The van der Waals surface area contributed by atoms with E-state index in [0.717, 1.165) is 6.42 Å². The van der Waals surface area contributed by atoms with Gasteiger partial charge in [0, 0.05) is 13.5 Å². The van der Waals surface area contributed by atoms with E-state index in [1.165, 1.54) is 0 Å². The van der Waals surface area contributed by atoms with Crippen LogP contribution in [-0.2, 0) is 14.3 Å². The third kappa shape index (κ3) is 2.62. The van der Waals surface area contributed by atoms with Crippen molar-refractivity contribution in [3.8, 4) is 0 Å². The van der Waals surface area contributed by atoms with Crippen molar-refractivity contribution >= 4 is 0 Å². The fourth-order valence-corrected chi connectivity index (χ4v) is 0.831. The minimum absolute atomic E-state index is 0.0478. The van der Waals surface area contributed by atoms with Gasteiger partial charge in [-0.1, -0.05) is 0 Å². The lowest BCUT2D eigenvalue weighted by Crippen LogP contribution is -2.15. The highest BCUT2D eigenvalue weighted by atomic mass is 16.7. The fraction of sp³-hybridized carbons (Fsp3) is 1.00. The second-order valence-corrected chi connectivity index (χ2v) is 2.01. The molecular weight excluding hydrogens is 134 g/mol. The minimum atomic E-state index is -0.0478. The summed E-state index contributed by atoms with van der Waals surface area (Å²) in [5, 5.41) is 0. The molecule has 4 nitrogen and oxygen atoms in total. The van der Waals surface area contributed by atoms with Gasteiger partial charge in [0.05, 0.1) is 19.8 Å². The molecule has 4 heteroatoms. The Kier molecular flexibility index (Phi) is 3.67. The number of hydroxylamine groups is 1. The van der Waals surface area contributed by atoms with E-state index in [4.69, 9.17) is 14.3 Å². The van der Waals surface area contributed by atoms with E-state index in [0.29, 0.717) is 19.8 Å². The van der Waals surface area contributed by atoms with Crippen molar-refractivity contribution < 1.29 is 14.3 Å². The summed E-state index contributed by atoms with van der Waals surface area (Å²) in [7, 11) is 1.73. The maximum Gasteiger partial charge on any atom is 0.160 e. The highest BCUT2D eigenvalue weighted by molar-refractivity contribution is 4.50. The van der Waals surface area contributed by atoms with E-state index < -0.39 is 0 Å². The Bertz CT molecular complexity index is 83.1. The molecule has 1 saturated heterocycles. The highest BCUT2D eigenvalue weighted by Gasteiger charge is 2.14. The van der Waals surface area contributed by atoms with Crippen LogP contribution in [0.1, 0.15) is 6.42 Å². The van der Waals surface area contributed by atoms with Crippen molar-refractivity contribution in [2.45, 2.75) is 12.7 Å². The molecule has 1 rings (SSSR count). The largest absolute Gasteiger partial charge is 0.350 e. The van der Waals surface area contributed by atoms with Crippen molar-refractivity contribution in [3.63, 3.8) is 0 Å². The average molecular weight is 147 g/mol. The first-order valence-corrected chi connectivity index (χ1v) is 3.45. The summed E-state index contributed by atoms with van der Waals surface area (Å²) >= 11 is 0. The molecule has 1 heterocycles. The Hall–Kier alpha value is -0.160. The molecule has 0 bridgehead atoms. The molecule has 0 aromatic carbocycles. The van der Waals surface area contributed by atoms with Crippen LogP contribution in [0.3, 0.4) is 0 Å². The van der Waals surface area contributed by atoms with Crippen molar-refractivity contribution in [2.75, 3.05) is 26.9 Å². The number of rotatable bonds is 4. The van der Waals surface area contributed by atoms with Gasteiger partial charge in [0.2, 0.25) is 0 Å². The summed E-state index contributed by atoms with van der Waals surface area (Å²) in [6.07, 6.45) is 0.745. The predicted octanol–water partition coefficient (Wildman–Crippen LogP) is -0.0996. The van der Waals surface area contributed by atoms with Gasteiger partial charge in [-0.2, -0.15) is 0 Å². The smallest absolute Gasteiger partial charge is 0.160 e. The summed E-state index contributed by atoms with van der Waals surface area (Å²) in [4.78, 5) is 4.89. The molecule has 0 atom stereocenters. The van der Waals surface area contributed by atoms with Crippen LogP contribution >= 0.6 is 0 Å².